The molecule has 3 rings (SSSR count). The Labute approximate surface area is 147 Å². The summed E-state index contributed by atoms with van der Waals surface area (Å²) in [4.78, 5) is 4.86. The lowest BCUT2D eigenvalue weighted by Gasteiger charge is -2.17. The zero-order valence-electron chi connectivity index (χ0n) is 14.6. The smallest absolute Gasteiger partial charge is 0.127 e. The number of hydrogen-bond donors (Lipinski definition) is 0. The Morgan fingerprint density at radius 1 is 1.17 bits per heavy atom. The molecule has 3 aromatic rings. The van der Waals surface area contributed by atoms with Crippen LogP contribution in [0.15, 0.2) is 42.7 Å². The third-order valence-electron chi connectivity index (χ3n) is 3.93. The van der Waals surface area contributed by atoms with E-state index in [0.717, 1.165) is 18.8 Å². The van der Waals surface area contributed by atoms with Gasteiger partial charge in [-0.3, -0.25) is 9.58 Å². The average Bonchev–Trinajstić information content (AvgIpc) is 3.15. The van der Waals surface area contributed by atoms with E-state index < -0.39 is 0 Å². The van der Waals surface area contributed by atoms with Crippen LogP contribution in [0.3, 0.4) is 0 Å². The molecule has 0 spiro atoms. The van der Waals surface area contributed by atoms with Crippen LogP contribution in [-0.4, -0.2) is 28.8 Å². The minimum atomic E-state index is 0.882. The van der Waals surface area contributed by atoms with Gasteiger partial charge in [0.15, 0.2) is 0 Å². The Bertz CT molecular complexity index is 822. The molecule has 0 saturated heterocycles. The second-order valence-electron chi connectivity index (χ2n) is 6.14. The SMILES string of the molecule is COc1ccc(CN(C)Cc2cnn(C)c2)cc1-c1ccc(C)s1. The van der Waals surface area contributed by atoms with Crippen molar-refractivity contribution in [2.24, 2.45) is 7.05 Å². The van der Waals surface area contributed by atoms with Crippen LogP contribution in [0, 0.1) is 6.92 Å². The molecule has 0 atom stereocenters. The average molecular weight is 341 g/mol. The highest BCUT2D eigenvalue weighted by atomic mass is 32.1. The zero-order valence-corrected chi connectivity index (χ0v) is 15.4. The molecular weight excluding hydrogens is 318 g/mol. The minimum absolute atomic E-state index is 0.882. The first-order chi connectivity index (χ1) is 11.5. The second-order valence-corrected chi connectivity index (χ2v) is 7.43. The van der Waals surface area contributed by atoms with Crippen LogP contribution in [-0.2, 0) is 20.1 Å². The van der Waals surface area contributed by atoms with E-state index in [2.05, 4.69) is 60.5 Å². The van der Waals surface area contributed by atoms with Crippen molar-refractivity contribution in [1.82, 2.24) is 14.7 Å². The summed E-state index contributed by atoms with van der Waals surface area (Å²) in [5.41, 5.74) is 3.67. The van der Waals surface area contributed by atoms with Gasteiger partial charge in [0.25, 0.3) is 0 Å². The largest absolute Gasteiger partial charge is 0.496 e. The third kappa shape index (κ3) is 3.86. The summed E-state index contributed by atoms with van der Waals surface area (Å²) in [7, 11) is 5.81. The third-order valence-corrected chi connectivity index (χ3v) is 4.97. The first-order valence-corrected chi connectivity index (χ1v) is 8.76. The standard InChI is InChI=1S/C19H23N3OS/c1-14-5-8-19(24-14)17-9-15(6-7-18(17)23-4)11-21(2)12-16-10-20-22(3)13-16/h5-10,13H,11-12H2,1-4H3. The lowest BCUT2D eigenvalue weighted by atomic mass is 10.1. The summed E-state index contributed by atoms with van der Waals surface area (Å²) in [5, 5.41) is 4.23. The van der Waals surface area contributed by atoms with E-state index in [-0.39, 0.29) is 0 Å². The fourth-order valence-electron chi connectivity index (χ4n) is 2.86. The van der Waals surface area contributed by atoms with Crippen LogP contribution in [0.5, 0.6) is 5.75 Å². The van der Waals surface area contributed by atoms with Gasteiger partial charge in [0.05, 0.1) is 13.3 Å². The predicted molar refractivity (Wildman–Crippen MR) is 99.4 cm³/mol. The molecule has 0 aliphatic rings. The molecule has 126 valence electrons. The van der Waals surface area contributed by atoms with Crippen molar-refractivity contribution in [3.8, 4) is 16.2 Å². The molecule has 2 aromatic heterocycles. The van der Waals surface area contributed by atoms with E-state index >= 15 is 0 Å². The highest BCUT2D eigenvalue weighted by molar-refractivity contribution is 7.15. The molecule has 2 heterocycles. The Morgan fingerprint density at radius 3 is 2.58 bits per heavy atom. The molecular formula is C19H23N3OS. The van der Waals surface area contributed by atoms with E-state index in [9.17, 15) is 0 Å². The zero-order chi connectivity index (χ0) is 17.1. The van der Waals surface area contributed by atoms with Crippen molar-refractivity contribution in [3.63, 3.8) is 0 Å². The van der Waals surface area contributed by atoms with Gasteiger partial charge in [0.2, 0.25) is 0 Å². The number of thiophene rings is 1. The topological polar surface area (TPSA) is 30.3 Å². The molecule has 0 fully saturated rings. The van der Waals surface area contributed by atoms with Crippen molar-refractivity contribution in [2.45, 2.75) is 20.0 Å². The van der Waals surface area contributed by atoms with Crippen LogP contribution in [0.2, 0.25) is 0 Å². The fraction of sp³-hybridized carbons (Fsp3) is 0.316. The van der Waals surface area contributed by atoms with Gasteiger partial charge in [-0.2, -0.15) is 5.10 Å². The quantitative estimate of drug-likeness (QED) is 0.676. The van der Waals surface area contributed by atoms with E-state index in [1.807, 2.05) is 17.9 Å². The maximum Gasteiger partial charge on any atom is 0.127 e. The van der Waals surface area contributed by atoms with Crippen molar-refractivity contribution < 1.29 is 4.74 Å². The molecule has 0 aliphatic heterocycles. The van der Waals surface area contributed by atoms with Gasteiger partial charge in [-0.05, 0) is 43.8 Å². The molecule has 0 bridgehead atoms. The highest BCUT2D eigenvalue weighted by Crippen LogP contribution is 2.35. The van der Waals surface area contributed by atoms with Gasteiger partial charge in [0, 0.05) is 47.2 Å². The molecule has 0 N–H and O–H groups in total. The number of aromatic nitrogens is 2. The summed E-state index contributed by atoms with van der Waals surface area (Å²) in [6, 6.07) is 10.8. The maximum absolute atomic E-state index is 5.55. The summed E-state index contributed by atoms with van der Waals surface area (Å²) in [6.45, 7) is 3.90. The van der Waals surface area contributed by atoms with Gasteiger partial charge in [0.1, 0.15) is 5.75 Å². The maximum atomic E-state index is 5.55. The van der Waals surface area contributed by atoms with Crippen molar-refractivity contribution in [1.29, 1.82) is 0 Å². The van der Waals surface area contributed by atoms with Gasteiger partial charge in [-0.1, -0.05) is 6.07 Å². The summed E-state index contributed by atoms with van der Waals surface area (Å²) in [6.07, 6.45) is 3.98. The number of ether oxygens (including phenoxy) is 1. The number of nitrogens with zero attached hydrogens (tertiary/aromatic N) is 3. The first-order valence-electron chi connectivity index (χ1n) is 7.95. The predicted octanol–water partition coefficient (Wildman–Crippen LogP) is 4.10. The van der Waals surface area contributed by atoms with E-state index in [1.54, 1.807) is 18.4 Å². The van der Waals surface area contributed by atoms with Crippen LogP contribution in [0.1, 0.15) is 16.0 Å². The fourth-order valence-corrected chi connectivity index (χ4v) is 3.75. The molecule has 4 nitrogen and oxygen atoms in total. The van der Waals surface area contributed by atoms with E-state index in [0.29, 0.717) is 0 Å². The van der Waals surface area contributed by atoms with Crippen molar-refractivity contribution in [3.05, 3.63) is 58.7 Å². The van der Waals surface area contributed by atoms with Crippen LogP contribution < -0.4 is 4.74 Å². The molecule has 0 aliphatic carbocycles. The van der Waals surface area contributed by atoms with Crippen molar-refractivity contribution >= 4 is 11.3 Å². The number of benzene rings is 1. The summed E-state index contributed by atoms with van der Waals surface area (Å²) in [5.74, 6) is 0.926. The van der Waals surface area contributed by atoms with Crippen LogP contribution >= 0.6 is 11.3 Å². The summed E-state index contributed by atoms with van der Waals surface area (Å²) >= 11 is 1.80. The Hall–Kier alpha value is -2.11. The van der Waals surface area contributed by atoms with Gasteiger partial charge in [-0.15, -0.1) is 11.3 Å². The molecule has 0 unspecified atom stereocenters. The van der Waals surface area contributed by atoms with E-state index in [1.165, 1.54) is 26.4 Å². The minimum Gasteiger partial charge on any atom is -0.496 e. The molecule has 1 aromatic carbocycles. The monoisotopic (exact) mass is 341 g/mol. The van der Waals surface area contributed by atoms with Gasteiger partial charge < -0.3 is 4.74 Å². The van der Waals surface area contributed by atoms with Crippen LogP contribution in [0.25, 0.3) is 10.4 Å². The number of rotatable bonds is 6. The number of methoxy groups -OCH3 is 1. The lowest BCUT2D eigenvalue weighted by Crippen LogP contribution is -2.17. The Balaban J connectivity index is 1.78. The first kappa shape index (κ1) is 16.7. The normalized spacial score (nSPS) is 11.2. The molecule has 5 heteroatoms. The molecule has 24 heavy (non-hydrogen) atoms. The number of hydrogen-bond acceptors (Lipinski definition) is 4. The van der Waals surface area contributed by atoms with E-state index in [4.69, 9.17) is 4.74 Å². The van der Waals surface area contributed by atoms with Crippen molar-refractivity contribution in [2.75, 3.05) is 14.2 Å². The van der Waals surface area contributed by atoms with Gasteiger partial charge in [-0.25, -0.2) is 0 Å². The van der Waals surface area contributed by atoms with Crippen LogP contribution in [0.4, 0.5) is 0 Å². The number of aryl methyl sites for hydroxylation is 2. The lowest BCUT2D eigenvalue weighted by molar-refractivity contribution is 0.319. The molecule has 0 radical (unpaired) electrons. The highest BCUT2D eigenvalue weighted by Gasteiger charge is 2.11. The molecule has 0 amide bonds. The molecule has 0 saturated carbocycles. The Morgan fingerprint density at radius 2 is 1.96 bits per heavy atom. The summed E-state index contributed by atoms with van der Waals surface area (Å²) < 4.78 is 7.39. The Kier molecular flexibility index (Phi) is 5.02. The second kappa shape index (κ2) is 7.20. The van der Waals surface area contributed by atoms with Gasteiger partial charge >= 0.3 is 0 Å².